The summed E-state index contributed by atoms with van der Waals surface area (Å²) < 4.78 is 4.91. The topological polar surface area (TPSA) is 95.6 Å². The summed E-state index contributed by atoms with van der Waals surface area (Å²) in [6.07, 6.45) is 0.782. The summed E-state index contributed by atoms with van der Waals surface area (Å²) >= 11 is 1.47. The van der Waals surface area contributed by atoms with Crippen molar-refractivity contribution in [3.63, 3.8) is 0 Å². The van der Waals surface area contributed by atoms with Crippen molar-refractivity contribution in [2.75, 3.05) is 38.7 Å². The number of hydrogen-bond donors (Lipinski definition) is 3. The molecule has 24 heavy (non-hydrogen) atoms. The fraction of sp³-hybridized carbons (Fsp3) is 0.667. The van der Waals surface area contributed by atoms with Gasteiger partial charge in [0.25, 0.3) is 0 Å². The molecule has 134 valence electrons. The number of carbonyl (C=O) groups excluding carboxylic acids is 2. The molecule has 2 heterocycles. The normalized spacial score (nSPS) is 14.3. The summed E-state index contributed by atoms with van der Waals surface area (Å²) in [7, 11) is 1.61. The second-order valence-corrected chi connectivity index (χ2v) is 7.03. The van der Waals surface area contributed by atoms with Crippen LogP contribution in [-0.2, 0) is 22.5 Å². The van der Waals surface area contributed by atoms with E-state index in [-0.39, 0.29) is 18.0 Å². The quantitative estimate of drug-likeness (QED) is 0.629. The molecule has 1 aliphatic heterocycles. The third-order valence-corrected chi connectivity index (χ3v) is 4.44. The molecule has 3 N–H and O–H groups in total. The molecule has 0 aliphatic carbocycles. The number of methoxy groups -OCH3 is 1. The van der Waals surface area contributed by atoms with Crippen LogP contribution in [0.15, 0.2) is 0 Å². The molecule has 0 fully saturated rings. The van der Waals surface area contributed by atoms with E-state index >= 15 is 0 Å². The first-order valence-corrected chi connectivity index (χ1v) is 8.83. The van der Waals surface area contributed by atoms with Gasteiger partial charge in [-0.25, -0.2) is 9.78 Å². The van der Waals surface area contributed by atoms with Crippen molar-refractivity contribution in [1.82, 2.24) is 20.5 Å². The molecular weight excluding hydrogens is 330 g/mol. The van der Waals surface area contributed by atoms with Crippen molar-refractivity contribution in [3.8, 4) is 0 Å². The summed E-state index contributed by atoms with van der Waals surface area (Å²) in [6, 6.07) is -0.169. The fourth-order valence-corrected chi connectivity index (χ4v) is 3.43. The first-order chi connectivity index (χ1) is 11.5. The molecule has 1 aliphatic rings. The van der Waals surface area contributed by atoms with E-state index in [0.717, 1.165) is 23.5 Å². The number of fused-ring (bicyclic) bond motifs is 1. The first-order valence-electron chi connectivity index (χ1n) is 8.02. The zero-order chi connectivity index (χ0) is 17.5. The molecule has 0 saturated carbocycles. The van der Waals surface area contributed by atoms with E-state index in [2.05, 4.69) is 25.8 Å². The molecule has 0 atom stereocenters. The van der Waals surface area contributed by atoms with Gasteiger partial charge in [-0.2, -0.15) is 0 Å². The van der Waals surface area contributed by atoms with E-state index < -0.39 is 0 Å². The SMILES string of the molecule is COCCNC(=O)CN1CCc2nc(NC(=O)NC(C)C)sc2C1. The number of amides is 3. The highest BCUT2D eigenvalue weighted by atomic mass is 32.1. The first kappa shape index (κ1) is 18.6. The smallest absolute Gasteiger partial charge is 0.321 e. The molecule has 9 heteroatoms. The van der Waals surface area contributed by atoms with Crippen molar-refractivity contribution in [3.05, 3.63) is 10.6 Å². The van der Waals surface area contributed by atoms with Gasteiger partial charge in [0.2, 0.25) is 5.91 Å². The number of anilines is 1. The lowest BCUT2D eigenvalue weighted by Crippen LogP contribution is -2.40. The predicted octanol–water partition coefficient (Wildman–Crippen LogP) is 0.794. The average molecular weight is 355 g/mol. The van der Waals surface area contributed by atoms with Gasteiger partial charge in [0, 0.05) is 44.1 Å². The Morgan fingerprint density at radius 1 is 1.42 bits per heavy atom. The highest BCUT2D eigenvalue weighted by Gasteiger charge is 2.22. The van der Waals surface area contributed by atoms with E-state index in [9.17, 15) is 9.59 Å². The number of nitrogens with zero attached hydrogens (tertiary/aromatic N) is 2. The highest BCUT2D eigenvalue weighted by Crippen LogP contribution is 2.28. The van der Waals surface area contributed by atoms with E-state index in [1.807, 2.05) is 13.8 Å². The van der Waals surface area contributed by atoms with Crippen LogP contribution in [0, 0.1) is 0 Å². The number of ether oxygens (including phenoxy) is 1. The third-order valence-electron chi connectivity index (χ3n) is 3.45. The van der Waals surface area contributed by atoms with Crippen LogP contribution in [0.25, 0.3) is 0 Å². The Morgan fingerprint density at radius 2 is 2.21 bits per heavy atom. The van der Waals surface area contributed by atoms with Gasteiger partial charge in [-0.05, 0) is 13.8 Å². The van der Waals surface area contributed by atoms with E-state index in [1.54, 1.807) is 7.11 Å². The van der Waals surface area contributed by atoms with Crippen LogP contribution in [0.1, 0.15) is 24.4 Å². The van der Waals surface area contributed by atoms with Gasteiger partial charge < -0.3 is 15.4 Å². The summed E-state index contributed by atoms with van der Waals surface area (Å²) in [5.41, 5.74) is 1.01. The maximum Gasteiger partial charge on any atom is 0.321 e. The monoisotopic (exact) mass is 355 g/mol. The van der Waals surface area contributed by atoms with Gasteiger partial charge in [0.1, 0.15) is 0 Å². The van der Waals surface area contributed by atoms with Gasteiger partial charge in [0.05, 0.1) is 18.8 Å². The number of hydrogen-bond acceptors (Lipinski definition) is 6. The van der Waals surface area contributed by atoms with Crippen LogP contribution < -0.4 is 16.0 Å². The van der Waals surface area contributed by atoms with E-state index in [0.29, 0.717) is 31.4 Å². The summed E-state index contributed by atoms with van der Waals surface area (Å²) in [6.45, 7) is 6.66. The molecular formula is C15H25N5O3S. The number of carbonyl (C=O) groups is 2. The van der Waals surface area contributed by atoms with Gasteiger partial charge in [-0.3, -0.25) is 15.0 Å². The zero-order valence-electron chi connectivity index (χ0n) is 14.3. The minimum atomic E-state index is -0.245. The predicted molar refractivity (Wildman–Crippen MR) is 93.3 cm³/mol. The zero-order valence-corrected chi connectivity index (χ0v) is 15.2. The van der Waals surface area contributed by atoms with Gasteiger partial charge in [0.15, 0.2) is 5.13 Å². The highest BCUT2D eigenvalue weighted by molar-refractivity contribution is 7.15. The minimum Gasteiger partial charge on any atom is -0.383 e. The molecule has 0 unspecified atom stereocenters. The molecule has 0 radical (unpaired) electrons. The minimum absolute atomic E-state index is 0.00493. The maximum absolute atomic E-state index is 11.9. The third kappa shape index (κ3) is 5.73. The molecule has 3 amide bonds. The Morgan fingerprint density at radius 3 is 2.92 bits per heavy atom. The van der Waals surface area contributed by atoms with Crippen molar-refractivity contribution in [1.29, 1.82) is 0 Å². The summed E-state index contributed by atoms with van der Waals surface area (Å²) in [4.78, 5) is 31.3. The molecule has 2 rings (SSSR count). The fourth-order valence-electron chi connectivity index (χ4n) is 2.38. The Bertz CT molecular complexity index is 575. The van der Waals surface area contributed by atoms with Crippen molar-refractivity contribution < 1.29 is 14.3 Å². The number of nitrogens with one attached hydrogen (secondary N) is 3. The Hall–Kier alpha value is -1.71. The Kier molecular flexibility index (Phi) is 6.95. The lowest BCUT2D eigenvalue weighted by Gasteiger charge is -2.25. The van der Waals surface area contributed by atoms with Crippen molar-refractivity contribution in [2.24, 2.45) is 0 Å². The van der Waals surface area contributed by atoms with Crippen LogP contribution in [0.3, 0.4) is 0 Å². The standard InChI is InChI=1S/C15H25N5O3S/c1-10(2)17-14(22)19-15-18-11-4-6-20(8-12(11)24-15)9-13(21)16-5-7-23-3/h10H,4-9H2,1-3H3,(H,16,21)(H2,17,18,19,22). The molecule has 0 spiro atoms. The molecule has 0 aromatic carbocycles. The van der Waals surface area contributed by atoms with Crippen LogP contribution in [0.5, 0.6) is 0 Å². The van der Waals surface area contributed by atoms with Gasteiger partial charge in [-0.1, -0.05) is 0 Å². The average Bonchev–Trinajstić information content (AvgIpc) is 2.87. The lowest BCUT2D eigenvalue weighted by molar-refractivity contribution is -0.122. The number of aromatic nitrogens is 1. The van der Waals surface area contributed by atoms with Crippen LogP contribution in [-0.4, -0.2) is 61.2 Å². The summed E-state index contributed by atoms with van der Waals surface area (Å²) in [5, 5.41) is 8.96. The van der Waals surface area contributed by atoms with Crippen LogP contribution in [0.2, 0.25) is 0 Å². The molecule has 0 saturated heterocycles. The lowest BCUT2D eigenvalue weighted by atomic mass is 10.2. The Balaban J connectivity index is 1.85. The van der Waals surface area contributed by atoms with Crippen molar-refractivity contribution >= 4 is 28.4 Å². The maximum atomic E-state index is 11.9. The van der Waals surface area contributed by atoms with Gasteiger partial charge in [-0.15, -0.1) is 11.3 Å². The molecule has 8 nitrogen and oxygen atoms in total. The number of rotatable bonds is 7. The van der Waals surface area contributed by atoms with Crippen LogP contribution in [0.4, 0.5) is 9.93 Å². The second-order valence-electron chi connectivity index (χ2n) is 5.95. The van der Waals surface area contributed by atoms with E-state index in [4.69, 9.17) is 4.74 Å². The van der Waals surface area contributed by atoms with E-state index in [1.165, 1.54) is 11.3 Å². The van der Waals surface area contributed by atoms with Crippen LogP contribution >= 0.6 is 11.3 Å². The number of thiazole rings is 1. The second kappa shape index (κ2) is 8.95. The molecule has 1 aromatic rings. The Labute approximate surface area is 146 Å². The number of urea groups is 1. The van der Waals surface area contributed by atoms with Gasteiger partial charge >= 0.3 is 6.03 Å². The molecule has 0 bridgehead atoms. The largest absolute Gasteiger partial charge is 0.383 e. The summed E-state index contributed by atoms with van der Waals surface area (Å²) in [5.74, 6) is -0.00493. The molecule has 1 aromatic heterocycles. The van der Waals surface area contributed by atoms with Crippen molar-refractivity contribution in [2.45, 2.75) is 32.9 Å².